The number of aromatic hydroxyl groups is 1. The van der Waals surface area contributed by atoms with Crippen LogP contribution in [-0.4, -0.2) is 34.7 Å². The van der Waals surface area contributed by atoms with Gasteiger partial charge in [0.05, 0.1) is 6.10 Å². The maximum atomic E-state index is 9.96. The van der Waals surface area contributed by atoms with Crippen molar-refractivity contribution in [2.45, 2.75) is 25.4 Å². The van der Waals surface area contributed by atoms with Gasteiger partial charge in [-0.1, -0.05) is 12.1 Å². The quantitative estimate of drug-likeness (QED) is 0.816. The van der Waals surface area contributed by atoms with E-state index < -0.39 is 6.10 Å². The van der Waals surface area contributed by atoms with E-state index in [2.05, 4.69) is 4.90 Å². The number of phenols is 1. The average molecular weight is 221 g/mol. The van der Waals surface area contributed by atoms with E-state index in [1.54, 1.807) is 24.3 Å². The molecule has 0 bridgehead atoms. The van der Waals surface area contributed by atoms with E-state index in [1.165, 1.54) is 25.9 Å². The number of aliphatic hydroxyl groups is 1. The number of hydrogen-bond acceptors (Lipinski definition) is 3. The first-order valence-corrected chi connectivity index (χ1v) is 5.95. The van der Waals surface area contributed by atoms with Crippen LogP contribution in [0.15, 0.2) is 24.3 Å². The summed E-state index contributed by atoms with van der Waals surface area (Å²) in [5.41, 5.74) is 0.886. The number of aliphatic hydroxyl groups excluding tert-OH is 1. The topological polar surface area (TPSA) is 43.7 Å². The Morgan fingerprint density at radius 2 is 1.75 bits per heavy atom. The minimum absolute atomic E-state index is 0.246. The number of hydrogen-bond donors (Lipinski definition) is 2. The molecule has 1 aliphatic rings. The molecule has 0 aliphatic carbocycles. The summed E-state index contributed by atoms with van der Waals surface area (Å²) >= 11 is 0. The molecule has 0 unspecified atom stereocenters. The number of phenolic OH excluding ortho intramolecular Hbond substituents is 1. The Labute approximate surface area is 96.3 Å². The van der Waals surface area contributed by atoms with Gasteiger partial charge in [-0.25, -0.2) is 0 Å². The van der Waals surface area contributed by atoms with Gasteiger partial charge in [0.1, 0.15) is 5.75 Å². The number of nitrogens with zero attached hydrogens (tertiary/aromatic N) is 1. The van der Waals surface area contributed by atoms with Gasteiger partial charge in [-0.3, -0.25) is 0 Å². The molecule has 2 N–H and O–H groups in total. The molecule has 1 aromatic rings. The molecule has 1 aromatic carbocycles. The monoisotopic (exact) mass is 221 g/mol. The highest BCUT2D eigenvalue weighted by Gasteiger charge is 2.14. The summed E-state index contributed by atoms with van der Waals surface area (Å²) in [7, 11) is 0. The molecular weight excluding hydrogens is 202 g/mol. The van der Waals surface area contributed by atoms with Gasteiger partial charge < -0.3 is 15.1 Å². The van der Waals surface area contributed by atoms with Gasteiger partial charge in [0, 0.05) is 6.54 Å². The zero-order valence-corrected chi connectivity index (χ0v) is 9.47. The third-order valence-corrected chi connectivity index (χ3v) is 3.20. The van der Waals surface area contributed by atoms with Crippen molar-refractivity contribution in [3.05, 3.63) is 29.8 Å². The standard InChI is InChI=1S/C13H19NO2/c15-12-5-3-11(4-6-12)13(16)7-10-14-8-1-2-9-14/h3-6,13,15-16H,1-2,7-10H2/t13-/m0/s1. The fraction of sp³-hybridized carbons (Fsp3) is 0.538. The van der Waals surface area contributed by atoms with Gasteiger partial charge in [-0.05, 0) is 50.0 Å². The van der Waals surface area contributed by atoms with E-state index in [4.69, 9.17) is 5.11 Å². The van der Waals surface area contributed by atoms with Crippen LogP contribution in [0, 0.1) is 0 Å². The van der Waals surface area contributed by atoms with Crippen molar-refractivity contribution in [1.29, 1.82) is 0 Å². The zero-order chi connectivity index (χ0) is 11.4. The summed E-state index contributed by atoms with van der Waals surface area (Å²) in [6.07, 6.45) is 2.93. The van der Waals surface area contributed by atoms with Gasteiger partial charge in [0.25, 0.3) is 0 Å². The second kappa shape index (κ2) is 5.32. The van der Waals surface area contributed by atoms with Crippen LogP contribution in [0.4, 0.5) is 0 Å². The zero-order valence-electron chi connectivity index (χ0n) is 9.47. The highest BCUT2D eigenvalue weighted by Crippen LogP contribution is 2.20. The second-order valence-corrected chi connectivity index (χ2v) is 4.44. The fourth-order valence-electron chi connectivity index (χ4n) is 2.17. The normalized spacial score (nSPS) is 18.8. The van der Waals surface area contributed by atoms with Crippen LogP contribution in [0.5, 0.6) is 5.75 Å². The van der Waals surface area contributed by atoms with E-state index in [-0.39, 0.29) is 5.75 Å². The summed E-state index contributed by atoms with van der Waals surface area (Å²) in [5, 5.41) is 19.1. The molecular formula is C13H19NO2. The fourth-order valence-corrected chi connectivity index (χ4v) is 2.17. The van der Waals surface area contributed by atoms with Crippen LogP contribution in [0.1, 0.15) is 30.9 Å². The van der Waals surface area contributed by atoms with Crippen LogP contribution in [0.25, 0.3) is 0 Å². The molecule has 3 nitrogen and oxygen atoms in total. The molecule has 88 valence electrons. The first kappa shape index (κ1) is 11.4. The number of benzene rings is 1. The van der Waals surface area contributed by atoms with Gasteiger partial charge in [0.2, 0.25) is 0 Å². The highest BCUT2D eigenvalue weighted by atomic mass is 16.3. The van der Waals surface area contributed by atoms with Gasteiger partial charge in [0.15, 0.2) is 0 Å². The summed E-state index contributed by atoms with van der Waals surface area (Å²) in [4.78, 5) is 2.39. The smallest absolute Gasteiger partial charge is 0.115 e. The average Bonchev–Trinajstić information content (AvgIpc) is 2.80. The Morgan fingerprint density at radius 3 is 2.38 bits per heavy atom. The molecule has 1 fully saturated rings. The molecule has 0 saturated carbocycles. The van der Waals surface area contributed by atoms with Crippen LogP contribution in [0.2, 0.25) is 0 Å². The van der Waals surface area contributed by atoms with Crippen molar-refractivity contribution in [2.75, 3.05) is 19.6 Å². The van der Waals surface area contributed by atoms with E-state index in [9.17, 15) is 5.11 Å². The van der Waals surface area contributed by atoms with E-state index >= 15 is 0 Å². The number of rotatable bonds is 4. The minimum atomic E-state index is -0.416. The highest BCUT2D eigenvalue weighted by molar-refractivity contribution is 5.27. The van der Waals surface area contributed by atoms with Crippen molar-refractivity contribution >= 4 is 0 Å². The minimum Gasteiger partial charge on any atom is -0.508 e. The van der Waals surface area contributed by atoms with Crippen molar-refractivity contribution in [2.24, 2.45) is 0 Å². The Balaban J connectivity index is 1.82. The first-order valence-electron chi connectivity index (χ1n) is 5.95. The second-order valence-electron chi connectivity index (χ2n) is 4.44. The van der Waals surface area contributed by atoms with Crippen LogP contribution in [-0.2, 0) is 0 Å². The molecule has 3 heteroatoms. The first-order chi connectivity index (χ1) is 7.75. The third-order valence-electron chi connectivity index (χ3n) is 3.20. The Morgan fingerprint density at radius 1 is 1.12 bits per heavy atom. The summed E-state index contributed by atoms with van der Waals surface area (Å²) in [6.45, 7) is 3.30. The largest absolute Gasteiger partial charge is 0.508 e. The molecule has 1 aliphatic heterocycles. The summed E-state index contributed by atoms with van der Waals surface area (Å²) in [6, 6.07) is 6.80. The lowest BCUT2D eigenvalue weighted by Gasteiger charge is -2.17. The summed E-state index contributed by atoms with van der Waals surface area (Å²) in [5.74, 6) is 0.246. The van der Waals surface area contributed by atoms with Crippen molar-refractivity contribution in [3.63, 3.8) is 0 Å². The Bertz CT molecular complexity index is 317. The third kappa shape index (κ3) is 2.97. The molecule has 1 heterocycles. The predicted octanol–water partition coefficient (Wildman–Crippen LogP) is 1.91. The van der Waals surface area contributed by atoms with Crippen LogP contribution >= 0.6 is 0 Å². The van der Waals surface area contributed by atoms with E-state index in [1.807, 2.05) is 0 Å². The van der Waals surface area contributed by atoms with Crippen LogP contribution in [0.3, 0.4) is 0 Å². The molecule has 2 rings (SSSR count). The Hall–Kier alpha value is -1.06. The number of likely N-dealkylation sites (tertiary alicyclic amines) is 1. The SMILES string of the molecule is Oc1ccc([C@@H](O)CCN2CCCC2)cc1. The molecule has 16 heavy (non-hydrogen) atoms. The van der Waals surface area contributed by atoms with Gasteiger partial charge >= 0.3 is 0 Å². The maximum Gasteiger partial charge on any atom is 0.115 e. The molecule has 0 spiro atoms. The Kier molecular flexibility index (Phi) is 3.80. The van der Waals surface area contributed by atoms with Crippen molar-refractivity contribution in [1.82, 2.24) is 4.90 Å². The van der Waals surface area contributed by atoms with Crippen molar-refractivity contribution < 1.29 is 10.2 Å². The predicted molar refractivity (Wildman–Crippen MR) is 63.4 cm³/mol. The molecule has 0 aromatic heterocycles. The van der Waals surface area contributed by atoms with E-state index in [0.717, 1.165) is 18.5 Å². The lowest BCUT2D eigenvalue weighted by Crippen LogP contribution is -2.22. The van der Waals surface area contributed by atoms with Gasteiger partial charge in [-0.15, -0.1) is 0 Å². The molecule has 1 saturated heterocycles. The van der Waals surface area contributed by atoms with E-state index in [0.29, 0.717) is 0 Å². The van der Waals surface area contributed by atoms with Crippen LogP contribution < -0.4 is 0 Å². The maximum absolute atomic E-state index is 9.96. The summed E-state index contributed by atoms with van der Waals surface area (Å²) < 4.78 is 0. The molecule has 0 radical (unpaired) electrons. The van der Waals surface area contributed by atoms with Gasteiger partial charge in [-0.2, -0.15) is 0 Å². The lowest BCUT2D eigenvalue weighted by molar-refractivity contribution is 0.149. The molecule has 0 amide bonds. The molecule has 1 atom stereocenters. The lowest BCUT2D eigenvalue weighted by atomic mass is 10.1. The van der Waals surface area contributed by atoms with Crippen molar-refractivity contribution in [3.8, 4) is 5.75 Å².